The summed E-state index contributed by atoms with van der Waals surface area (Å²) in [5.74, 6) is -0.428. The summed E-state index contributed by atoms with van der Waals surface area (Å²) in [6.45, 7) is 0. The first kappa shape index (κ1) is 16.2. The Bertz CT molecular complexity index is 762. The molecule has 22 heavy (non-hydrogen) atoms. The number of anilines is 1. The summed E-state index contributed by atoms with van der Waals surface area (Å²) in [6.07, 6.45) is 2.61. The van der Waals surface area contributed by atoms with Crippen LogP contribution < -0.4 is 5.32 Å². The molecule has 2 aromatic carbocycles. The summed E-state index contributed by atoms with van der Waals surface area (Å²) in [4.78, 5) is 22.3. The number of carbonyl (C=O) groups is 1. The molecule has 0 saturated carbocycles. The van der Waals surface area contributed by atoms with E-state index < -0.39 is 10.8 Å². The van der Waals surface area contributed by atoms with Crippen LogP contribution in [-0.2, 0) is 4.79 Å². The van der Waals surface area contributed by atoms with Crippen LogP contribution >= 0.6 is 27.5 Å². The lowest BCUT2D eigenvalue weighted by molar-refractivity contribution is -0.385. The third-order valence-corrected chi connectivity index (χ3v) is 3.54. The summed E-state index contributed by atoms with van der Waals surface area (Å²) >= 11 is 9.27. The van der Waals surface area contributed by atoms with E-state index in [1.807, 2.05) is 0 Å². The molecule has 0 aliphatic rings. The van der Waals surface area contributed by atoms with E-state index in [0.29, 0.717) is 16.3 Å². The maximum atomic E-state index is 11.9. The Morgan fingerprint density at radius 2 is 2.00 bits per heavy atom. The quantitative estimate of drug-likeness (QED) is 0.475. The highest BCUT2D eigenvalue weighted by Gasteiger charge is 2.10. The molecule has 0 bridgehead atoms. The number of rotatable bonds is 4. The topological polar surface area (TPSA) is 72.2 Å². The van der Waals surface area contributed by atoms with Crippen LogP contribution in [0.1, 0.15) is 5.56 Å². The first-order chi connectivity index (χ1) is 10.5. The van der Waals surface area contributed by atoms with Crippen molar-refractivity contribution in [1.82, 2.24) is 0 Å². The third kappa shape index (κ3) is 4.16. The lowest BCUT2D eigenvalue weighted by atomic mass is 10.1. The van der Waals surface area contributed by atoms with Gasteiger partial charge in [0.05, 0.1) is 21.2 Å². The van der Waals surface area contributed by atoms with Crippen LogP contribution in [0.25, 0.3) is 6.08 Å². The highest BCUT2D eigenvalue weighted by Crippen LogP contribution is 2.25. The van der Waals surface area contributed by atoms with Gasteiger partial charge < -0.3 is 5.32 Å². The van der Waals surface area contributed by atoms with Gasteiger partial charge in [0.15, 0.2) is 0 Å². The minimum absolute atomic E-state index is 0.0618. The maximum Gasteiger partial charge on any atom is 0.276 e. The SMILES string of the molecule is O=C(/C=C/c1ccccc1[N+](=O)[O-])Nc1ccc(Br)cc1Cl. The van der Waals surface area contributed by atoms with E-state index >= 15 is 0 Å². The van der Waals surface area contributed by atoms with Crippen molar-refractivity contribution in [2.24, 2.45) is 0 Å². The van der Waals surface area contributed by atoms with Crippen molar-refractivity contribution in [3.8, 4) is 0 Å². The number of carbonyl (C=O) groups excluding carboxylic acids is 1. The molecule has 1 amide bonds. The maximum absolute atomic E-state index is 11.9. The Hall–Kier alpha value is -2.18. The van der Waals surface area contributed by atoms with E-state index in [1.54, 1.807) is 36.4 Å². The van der Waals surface area contributed by atoms with E-state index in [4.69, 9.17) is 11.6 Å². The standard InChI is InChI=1S/C15H10BrClN2O3/c16-11-6-7-13(12(17)9-11)18-15(20)8-5-10-3-1-2-4-14(10)19(21)22/h1-9H,(H,18,20)/b8-5+. The van der Waals surface area contributed by atoms with Gasteiger partial charge in [-0.15, -0.1) is 0 Å². The number of hydrogen-bond acceptors (Lipinski definition) is 3. The molecule has 0 aliphatic heterocycles. The first-order valence-electron chi connectivity index (χ1n) is 6.15. The van der Waals surface area contributed by atoms with Crippen molar-refractivity contribution >= 4 is 50.9 Å². The van der Waals surface area contributed by atoms with Crippen LogP contribution in [0.15, 0.2) is 53.0 Å². The van der Waals surface area contributed by atoms with Gasteiger partial charge in [0.25, 0.3) is 5.69 Å². The second-order valence-corrected chi connectivity index (χ2v) is 5.59. The zero-order valence-corrected chi connectivity index (χ0v) is 13.5. The minimum Gasteiger partial charge on any atom is -0.321 e. The summed E-state index contributed by atoms with van der Waals surface area (Å²) in [7, 11) is 0. The Kier molecular flexibility index (Phi) is 5.30. The van der Waals surface area contributed by atoms with Gasteiger partial charge in [0, 0.05) is 16.6 Å². The Morgan fingerprint density at radius 3 is 2.68 bits per heavy atom. The van der Waals surface area contributed by atoms with Crippen LogP contribution in [0, 0.1) is 10.1 Å². The van der Waals surface area contributed by atoms with Crippen molar-refractivity contribution in [3.05, 3.63) is 73.7 Å². The second kappa shape index (κ2) is 7.20. The molecule has 7 heteroatoms. The Balaban J connectivity index is 2.14. The van der Waals surface area contributed by atoms with Crippen LogP contribution in [-0.4, -0.2) is 10.8 Å². The Labute approximate surface area is 139 Å². The van der Waals surface area contributed by atoms with Gasteiger partial charge in [-0.3, -0.25) is 14.9 Å². The van der Waals surface area contributed by atoms with Gasteiger partial charge in [-0.1, -0.05) is 39.7 Å². The molecule has 0 spiro atoms. The van der Waals surface area contributed by atoms with Crippen molar-refractivity contribution < 1.29 is 9.72 Å². The molecule has 0 unspecified atom stereocenters. The normalized spacial score (nSPS) is 10.6. The summed E-state index contributed by atoms with van der Waals surface area (Å²) in [6, 6.07) is 11.2. The molecule has 112 valence electrons. The third-order valence-electron chi connectivity index (χ3n) is 2.74. The number of para-hydroxylation sites is 1. The monoisotopic (exact) mass is 380 g/mol. The molecule has 0 saturated heterocycles. The molecule has 0 radical (unpaired) electrons. The van der Waals surface area contributed by atoms with E-state index in [2.05, 4.69) is 21.2 Å². The fraction of sp³-hybridized carbons (Fsp3) is 0. The van der Waals surface area contributed by atoms with Gasteiger partial charge in [-0.25, -0.2) is 0 Å². The molecule has 0 aromatic heterocycles. The Morgan fingerprint density at radius 1 is 1.27 bits per heavy atom. The lowest BCUT2D eigenvalue weighted by Gasteiger charge is -2.05. The first-order valence-corrected chi connectivity index (χ1v) is 7.32. The van der Waals surface area contributed by atoms with E-state index in [9.17, 15) is 14.9 Å². The molecule has 0 fully saturated rings. The molecule has 5 nitrogen and oxygen atoms in total. The van der Waals surface area contributed by atoms with Crippen LogP contribution in [0.5, 0.6) is 0 Å². The van der Waals surface area contributed by atoms with Gasteiger partial charge in [-0.2, -0.15) is 0 Å². The largest absolute Gasteiger partial charge is 0.321 e. The van der Waals surface area contributed by atoms with E-state index in [-0.39, 0.29) is 5.69 Å². The van der Waals surface area contributed by atoms with Gasteiger partial charge in [0.1, 0.15) is 0 Å². The average molecular weight is 382 g/mol. The molecule has 0 aliphatic carbocycles. The molecule has 1 N–H and O–H groups in total. The van der Waals surface area contributed by atoms with E-state index in [1.165, 1.54) is 18.2 Å². The number of benzene rings is 2. The predicted octanol–water partition coefficient (Wildman–Crippen LogP) is 4.66. The molecular weight excluding hydrogens is 372 g/mol. The highest BCUT2D eigenvalue weighted by atomic mass is 79.9. The van der Waals surface area contributed by atoms with Crippen molar-refractivity contribution in [3.63, 3.8) is 0 Å². The zero-order chi connectivity index (χ0) is 16.1. The van der Waals surface area contributed by atoms with Crippen LogP contribution in [0.2, 0.25) is 5.02 Å². The van der Waals surface area contributed by atoms with Crippen molar-refractivity contribution in [2.75, 3.05) is 5.32 Å². The highest BCUT2D eigenvalue weighted by molar-refractivity contribution is 9.10. The second-order valence-electron chi connectivity index (χ2n) is 4.26. The number of nitro groups is 1. The van der Waals surface area contributed by atoms with Crippen LogP contribution in [0.4, 0.5) is 11.4 Å². The molecular formula is C15H10BrClN2O3. The number of halogens is 2. The predicted molar refractivity (Wildman–Crippen MR) is 89.9 cm³/mol. The summed E-state index contributed by atoms with van der Waals surface area (Å²) in [5, 5.41) is 13.9. The van der Waals surface area contributed by atoms with Crippen LogP contribution in [0.3, 0.4) is 0 Å². The van der Waals surface area contributed by atoms with Crippen molar-refractivity contribution in [2.45, 2.75) is 0 Å². The number of nitro benzene ring substituents is 1. The number of amides is 1. The summed E-state index contributed by atoms with van der Waals surface area (Å²) in [5.41, 5.74) is 0.750. The number of nitrogens with zero attached hydrogens (tertiary/aromatic N) is 1. The van der Waals surface area contributed by atoms with Gasteiger partial charge in [-0.05, 0) is 30.3 Å². The zero-order valence-electron chi connectivity index (χ0n) is 11.1. The molecule has 0 atom stereocenters. The van der Waals surface area contributed by atoms with Gasteiger partial charge >= 0.3 is 0 Å². The van der Waals surface area contributed by atoms with E-state index in [0.717, 1.165) is 4.47 Å². The van der Waals surface area contributed by atoms with Gasteiger partial charge in [0.2, 0.25) is 5.91 Å². The molecule has 2 rings (SSSR count). The van der Waals surface area contributed by atoms with Crippen molar-refractivity contribution in [1.29, 1.82) is 0 Å². The minimum atomic E-state index is -0.497. The smallest absolute Gasteiger partial charge is 0.276 e. The number of nitrogens with one attached hydrogen (secondary N) is 1. The fourth-order valence-electron chi connectivity index (χ4n) is 1.73. The average Bonchev–Trinajstić information content (AvgIpc) is 2.48. The molecule has 0 heterocycles. The number of hydrogen-bond donors (Lipinski definition) is 1. The molecule has 2 aromatic rings. The lowest BCUT2D eigenvalue weighted by Crippen LogP contribution is -2.08. The summed E-state index contributed by atoms with van der Waals surface area (Å²) < 4.78 is 0.797. The fourth-order valence-corrected chi connectivity index (χ4v) is 2.45.